The third-order valence-corrected chi connectivity index (χ3v) is 2.86. The zero-order chi connectivity index (χ0) is 12.4. The highest BCUT2D eigenvalue weighted by molar-refractivity contribution is 6.28. The van der Waals surface area contributed by atoms with Crippen molar-refractivity contribution in [2.24, 2.45) is 0 Å². The summed E-state index contributed by atoms with van der Waals surface area (Å²) < 4.78 is 0. The van der Waals surface area contributed by atoms with Crippen LogP contribution in [-0.4, -0.2) is 15.2 Å². The van der Waals surface area contributed by atoms with Gasteiger partial charge < -0.3 is 0 Å². The predicted octanol–water partition coefficient (Wildman–Crippen LogP) is 3.79. The molecule has 0 aliphatic rings. The highest BCUT2D eigenvalue weighted by atomic mass is 35.5. The van der Waals surface area contributed by atoms with Crippen LogP contribution in [0, 0.1) is 0 Å². The van der Waals surface area contributed by atoms with Crippen LogP contribution in [0.15, 0.2) is 54.6 Å². The summed E-state index contributed by atoms with van der Waals surface area (Å²) in [7, 11) is 0. The van der Waals surface area contributed by atoms with Gasteiger partial charge in [-0.2, -0.15) is 10.1 Å². The quantitative estimate of drug-likeness (QED) is 0.757. The Morgan fingerprint density at radius 2 is 1.56 bits per heavy atom. The molecule has 88 valence electrons. The molecular formula is C14H10ClN3. The van der Waals surface area contributed by atoms with E-state index in [4.69, 9.17) is 11.6 Å². The molecule has 0 aliphatic carbocycles. The molecule has 3 rings (SSSR count). The van der Waals surface area contributed by atoms with Crippen molar-refractivity contribution in [3.05, 3.63) is 59.9 Å². The predicted molar refractivity (Wildman–Crippen MR) is 72.3 cm³/mol. The molecule has 3 nitrogen and oxygen atoms in total. The van der Waals surface area contributed by atoms with E-state index in [9.17, 15) is 0 Å². The molecule has 0 radical (unpaired) electrons. The van der Waals surface area contributed by atoms with Gasteiger partial charge >= 0.3 is 0 Å². The summed E-state index contributed by atoms with van der Waals surface area (Å²) in [5.74, 6) is 0.609. The fourth-order valence-corrected chi connectivity index (χ4v) is 1.96. The Balaban J connectivity index is 2.05. The number of aromatic nitrogens is 3. The van der Waals surface area contributed by atoms with Crippen LogP contribution in [0.5, 0.6) is 0 Å². The van der Waals surface area contributed by atoms with Gasteiger partial charge in [-0.3, -0.25) is 0 Å². The lowest BCUT2D eigenvalue weighted by Crippen LogP contribution is -1.83. The number of H-pyrrole nitrogens is 1. The van der Waals surface area contributed by atoms with E-state index in [2.05, 4.69) is 39.4 Å². The van der Waals surface area contributed by atoms with Gasteiger partial charge in [0.25, 0.3) is 0 Å². The lowest BCUT2D eigenvalue weighted by Gasteiger charge is -2.02. The molecule has 4 heteroatoms. The Hall–Kier alpha value is -2.13. The normalized spacial score (nSPS) is 10.5. The largest absolute Gasteiger partial charge is 0.249 e. The molecule has 0 spiro atoms. The minimum absolute atomic E-state index is 0.301. The maximum Gasteiger partial charge on any atom is 0.218 e. The molecule has 1 N–H and O–H groups in total. The first-order chi connectivity index (χ1) is 8.83. The van der Waals surface area contributed by atoms with E-state index in [-0.39, 0.29) is 0 Å². The van der Waals surface area contributed by atoms with Crippen LogP contribution in [0.3, 0.4) is 0 Å². The fourth-order valence-electron chi connectivity index (χ4n) is 1.84. The van der Waals surface area contributed by atoms with Gasteiger partial charge in [0.1, 0.15) is 0 Å². The molecule has 0 saturated heterocycles. The number of hydrogen-bond donors (Lipinski definition) is 1. The van der Waals surface area contributed by atoms with E-state index < -0.39 is 0 Å². The average molecular weight is 256 g/mol. The van der Waals surface area contributed by atoms with Crippen LogP contribution in [-0.2, 0) is 0 Å². The maximum absolute atomic E-state index is 5.74. The molecule has 3 aromatic rings. The molecule has 0 amide bonds. The molecule has 1 aromatic heterocycles. The summed E-state index contributed by atoms with van der Waals surface area (Å²) in [4.78, 5) is 4.11. The van der Waals surface area contributed by atoms with Crippen LogP contribution < -0.4 is 0 Å². The first-order valence-electron chi connectivity index (χ1n) is 5.57. The number of halogens is 1. The average Bonchev–Trinajstić information content (AvgIpc) is 2.87. The van der Waals surface area contributed by atoms with Crippen molar-refractivity contribution in [2.45, 2.75) is 0 Å². The lowest BCUT2D eigenvalue weighted by atomic mass is 10.0. The minimum atomic E-state index is 0.301. The van der Waals surface area contributed by atoms with Crippen LogP contribution >= 0.6 is 11.6 Å². The Morgan fingerprint density at radius 3 is 2.28 bits per heavy atom. The van der Waals surface area contributed by atoms with Gasteiger partial charge in [-0.15, -0.1) is 0 Å². The van der Waals surface area contributed by atoms with Gasteiger partial charge in [0, 0.05) is 5.56 Å². The van der Waals surface area contributed by atoms with Gasteiger partial charge in [0.05, 0.1) is 0 Å². The molecule has 0 aliphatic heterocycles. The zero-order valence-corrected chi connectivity index (χ0v) is 10.2. The highest BCUT2D eigenvalue weighted by Gasteiger charge is 2.05. The van der Waals surface area contributed by atoms with Crippen molar-refractivity contribution in [3.63, 3.8) is 0 Å². The van der Waals surface area contributed by atoms with Crippen LogP contribution in [0.2, 0.25) is 5.28 Å². The van der Waals surface area contributed by atoms with Crippen molar-refractivity contribution in [2.75, 3.05) is 0 Å². The summed E-state index contributed by atoms with van der Waals surface area (Å²) in [5.41, 5.74) is 3.24. The summed E-state index contributed by atoms with van der Waals surface area (Å²) in [6.07, 6.45) is 0. The van der Waals surface area contributed by atoms with Crippen LogP contribution in [0.1, 0.15) is 0 Å². The van der Waals surface area contributed by atoms with Crippen molar-refractivity contribution >= 4 is 11.6 Å². The van der Waals surface area contributed by atoms with Crippen LogP contribution in [0.25, 0.3) is 22.5 Å². The topological polar surface area (TPSA) is 41.6 Å². The Bertz CT molecular complexity index is 662. The number of rotatable bonds is 2. The van der Waals surface area contributed by atoms with Gasteiger partial charge in [-0.05, 0) is 28.8 Å². The molecule has 0 bridgehead atoms. The fraction of sp³-hybridized carbons (Fsp3) is 0. The maximum atomic E-state index is 5.74. The van der Waals surface area contributed by atoms with Gasteiger partial charge in [0.2, 0.25) is 5.28 Å². The zero-order valence-electron chi connectivity index (χ0n) is 9.47. The minimum Gasteiger partial charge on any atom is -0.249 e. The molecule has 18 heavy (non-hydrogen) atoms. The molecule has 0 atom stereocenters. The molecular weight excluding hydrogens is 246 g/mol. The first-order valence-corrected chi connectivity index (χ1v) is 5.94. The van der Waals surface area contributed by atoms with Crippen molar-refractivity contribution < 1.29 is 0 Å². The van der Waals surface area contributed by atoms with Crippen molar-refractivity contribution in [3.8, 4) is 22.5 Å². The second-order valence-electron chi connectivity index (χ2n) is 3.90. The first kappa shape index (κ1) is 11.0. The Morgan fingerprint density at radius 1 is 0.833 bits per heavy atom. The molecule has 0 unspecified atom stereocenters. The number of hydrogen-bond acceptors (Lipinski definition) is 2. The SMILES string of the molecule is Clc1nc(-c2cccc(-c3ccccc3)c2)n[nH]1. The molecule has 1 heterocycles. The number of benzene rings is 2. The third kappa shape index (κ3) is 2.13. The van der Waals surface area contributed by atoms with E-state index >= 15 is 0 Å². The standard InChI is InChI=1S/C14H10ClN3/c15-14-16-13(17-18-14)12-8-4-7-11(9-12)10-5-2-1-3-6-10/h1-9H,(H,16,17,18). The lowest BCUT2D eigenvalue weighted by molar-refractivity contribution is 1.10. The van der Waals surface area contributed by atoms with E-state index in [1.165, 1.54) is 5.56 Å². The van der Waals surface area contributed by atoms with E-state index in [1.807, 2.05) is 30.3 Å². The summed E-state index contributed by atoms with van der Waals surface area (Å²) in [6, 6.07) is 18.3. The van der Waals surface area contributed by atoms with Crippen molar-refractivity contribution in [1.82, 2.24) is 15.2 Å². The summed E-state index contributed by atoms with van der Waals surface area (Å²) in [6.45, 7) is 0. The van der Waals surface area contributed by atoms with Crippen LogP contribution in [0.4, 0.5) is 0 Å². The Labute approximate surface area is 109 Å². The summed E-state index contributed by atoms with van der Waals surface area (Å²) >= 11 is 5.74. The monoisotopic (exact) mass is 255 g/mol. The molecule has 0 fully saturated rings. The second-order valence-corrected chi connectivity index (χ2v) is 4.25. The van der Waals surface area contributed by atoms with Gasteiger partial charge in [-0.25, -0.2) is 5.10 Å². The van der Waals surface area contributed by atoms with Crippen molar-refractivity contribution in [1.29, 1.82) is 0 Å². The van der Waals surface area contributed by atoms with Gasteiger partial charge in [0.15, 0.2) is 5.82 Å². The number of aromatic amines is 1. The number of nitrogens with zero attached hydrogens (tertiary/aromatic N) is 2. The van der Waals surface area contributed by atoms with E-state index in [1.54, 1.807) is 0 Å². The Kier molecular flexibility index (Phi) is 2.82. The third-order valence-electron chi connectivity index (χ3n) is 2.69. The van der Waals surface area contributed by atoms with E-state index in [0.717, 1.165) is 11.1 Å². The second kappa shape index (κ2) is 4.63. The van der Waals surface area contributed by atoms with E-state index in [0.29, 0.717) is 11.1 Å². The van der Waals surface area contributed by atoms with Gasteiger partial charge in [-0.1, -0.05) is 48.5 Å². The summed E-state index contributed by atoms with van der Waals surface area (Å²) in [5, 5.41) is 6.98. The smallest absolute Gasteiger partial charge is 0.218 e. The highest BCUT2D eigenvalue weighted by Crippen LogP contribution is 2.24. The molecule has 0 saturated carbocycles. The molecule has 2 aromatic carbocycles. The number of nitrogens with one attached hydrogen (secondary N) is 1.